The minimum Gasteiger partial charge on any atom is -0.341 e. The van der Waals surface area contributed by atoms with E-state index in [1.807, 2.05) is 29.2 Å². The van der Waals surface area contributed by atoms with E-state index < -0.39 is 0 Å². The molecule has 2 aliphatic rings. The second-order valence-electron chi connectivity index (χ2n) is 8.75. The van der Waals surface area contributed by atoms with Crippen LogP contribution in [0.4, 0.5) is 0 Å². The van der Waals surface area contributed by atoms with Gasteiger partial charge in [0.1, 0.15) is 0 Å². The van der Waals surface area contributed by atoms with Gasteiger partial charge in [-0.2, -0.15) is 4.98 Å². The zero-order chi connectivity index (χ0) is 20.7. The van der Waals surface area contributed by atoms with Gasteiger partial charge in [-0.25, -0.2) is 0 Å². The lowest BCUT2D eigenvalue weighted by Gasteiger charge is -2.48. The summed E-state index contributed by atoms with van der Waals surface area (Å²) in [5, 5.41) is 4.14. The van der Waals surface area contributed by atoms with Crippen LogP contribution in [0.1, 0.15) is 29.5 Å². The molecule has 1 spiro atoms. The molecule has 1 unspecified atom stereocenters. The summed E-state index contributed by atoms with van der Waals surface area (Å²) in [6, 6.07) is 12.0. The summed E-state index contributed by atoms with van der Waals surface area (Å²) in [6.45, 7) is 4.57. The van der Waals surface area contributed by atoms with E-state index in [4.69, 9.17) is 4.52 Å². The second-order valence-corrected chi connectivity index (χ2v) is 8.75. The van der Waals surface area contributed by atoms with E-state index in [2.05, 4.69) is 46.1 Å². The number of aromatic nitrogens is 3. The number of amides is 1. The minimum absolute atomic E-state index is 0.0805. The van der Waals surface area contributed by atoms with E-state index in [-0.39, 0.29) is 17.4 Å². The second kappa shape index (κ2) is 7.32. The average molecular weight is 403 g/mol. The Morgan fingerprint density at radius 1 is 1.23 bits per heavy atom. The van der Waals surface area contributed by atoms with Crippen molar-refractivity contribution in [2.75, 3.05) is 26.7 Å². The maximum atomic E-state index is 12.7. The average Bonchev–Trinajstić information content (AvgIpc) is 3.32. The SMILES string of the molecule is Cc1cccc(CC(=O)N2CC3(CC(c4nc(-c5cccnc5)no4)N(C)C3)C2)c1. The highest BCUT2D eigenvalue weighted by atomic mass is 16.5. The quantitative estimate of drug-likeness (QED) is 0.667. The molecule has 0 aliphatic carbocycles. The zero-order valence-corrected chi connectivity index (χ0v) is 17.3. The molecule has 7 nitrogen and oxygen atoms in total. The fourth-order valence-corrected chi connectivity index (χ4v) is 4.81. The van der Waals surface area contributed by atoms with Crippen molar-refractivity contribution >= 4 is 5.91 Å². The van der Waals surface area contributed by atoms with Gasteiger partial charge in [0.2, 0.25) is 17.6 Å². The zero-order valence-electron chi connectivity index (χ0n) is 17.3. The molecule has 1 atom stereocenters. The van der Waals surface area contributed by atoms with Gasteiger partial charge in [-0.05, 0) is 38.1 Å². The molecule has 0 saturated carbocycles. The van der Waals surface area contributed by atoms with Crippen molar-refractivity contribution in [1.29, 1.82) is 0 Å². The Bertz CT molecular complexity index is 1060. The first kappa shape index (κ1) is 18.9. The van der Waals surface area contributed by atoms with Gasteiger partial charge in [0.15, 0.2) is 0 Å². The van der Waals surface area contributed by atoms with Gasteiger partial charge in [0, 0.05) is 43.0 Å². The highest BCUT2D eigenvalue weighted by molar-refractivity contribution is 5.79. The van der Waals surface area contributed by atoms with Crippen molar-refractivity contribution in [2.24, 2.45) is 5.41 Å². The Hall–Kier alpha value is -3.06. The summed E-state index contributed by atoms with van der Waals surface area (Å²) >= 11 is 0. The summed E-state index contributed by atoms with van der Waals surface area (Å²) in [4.78, 5) is 25.7. The maximum absolute atomic E-state index is 12.7. The maximum Gasteiger partial charge on any atom is 0.244 e. The molecule has 2 fully saturated rings. The van der Waals surface area contributed by atoms with Gasteiger partial charge in [-0.3, -0.25) is 14.7 Å². The van der Waals surface area contributed by atoms with Crippen molar-refractivity contribution in [1.82, 2.24) is 24.9 Å². The number of benzene rings is 1. The smallest absolute Gasteiger partial charge is 0.244 e. The molecule has 0 radical (unpaired) electrons. The van der Waals surface area contributed by atoms with Gasteiger partial charge in [0.05, 0.1) is 12.5 Å². The number of rotatable bonds is 4. The van der Waals surface area contributed by atoms with E-state index in [0.717, 1.165) is 37.2 Å². The van der Waals surface area contributed by atoms with Gasteiger partial charge in [-0.15, -0.1) is 0 Å². The monoisotopic (exact) mass is 403 g/mol. The lowest BCUT2D eigenvalue weighted by molar-refractivity contribution is -0.141. The summed E-state index contributed by atoms with van der Waals surface area (Å²) < 4.78 is 5.59. The van der Waals surface area contributed by atoms with Crippen LogP contribution in [-0.4, -0.2) is 57.5 Å². The normalized spacial score (nSPS) is 20.5. The van der Waals surface area contributed by atoms with Crippen LogP contribution in [0.3, 0.4) is 0 Å². The first-order chi connectivity index (χ1) is 14.5. The fourth-order valence-electron chi connectivity index (χ4n) is 4.81. The lowest BCUT2D eigenvalue weighted by atomic mass is 9.77. The van der Waals surface area contributed by atoms with E-state index in [1.54, 1.807) is 12.4 Å². The van der Waals surface area contributed by atoms with Gasteiger partial charge in [0.25, 0.3) is 0 Å². The third kappa shape index (κ3) is 3.50. The number of hydrogen-bond acceptors (Lipinski definition) is 6. The number of carbonyl (C=O) groups excluding carboxylic acids is 1. The molecule has 2 saturated heterocycles. The van der Waals surface area contributed by atoms with Gasteiger partial charge in [-0.1, -0.05) is 35.0 Å². The summed E-state index contributed by atoms with van der Waals surface area (Å²) in [6.07, 6.45) is 4.85. The third-order valence-corrected chi connectivity index (χ3v) is 6.23. The van der Waals surface area contributed by atoms with E-state index in [1.165, 1.54) is 5.56 Å². The van der Waals surface area contributed by atoms with Crippen LogP contribution in [0.5, 0.6) is 0 Å². The van der Waals surface area contributed by atoms with Crippen molar-refractivity contribution in [3.05, 3.63) is 65.8 Å². The molecule has 2 aliphatic heterocycles. The molecule has 7 heteroatoms. The van der Waals surface area contributed by atoms with Crippen LogP contribution in [-0.2, 0) is 11.2 Å². The molecule has 154 valence electrons. The van der Waals surface area contributed by atoms with Crippen LogP contribution in [0.25, 0.3) is 11.4 Å². The predicted molar refractivity (Wildman–Crippen MR) is 111 cm³/mol. The van der Waals surface area contributed by atoms with Crippen LogP contribution in [0.15, 0.2) is 53.3 Å². The van der Waals surface area contributed by atoms with Gasteiger partial charge >= 0.3 is 0 Å². The highest BCUT2D eigenvalue weighted by Crippen LogP contribution is 2.47. The summed E-state index contributed by atoms with van der Waals surface area (Å²) in [7, 11) is 2.09. The topological polar surface area (TPSA) is 75.4 Å². The molecule has 0 N–H and O–H groups in total. The van der Waals surface area contributed by atoms with Crippen LogP contribution >= 0.6 is 0 Å². The molecule has 2 aromatic heterocycles. The third-order valence-electron chi connectivity index (χ3n) is 6.23. The number of nitrogens with zero attached hydrogens (tertiary/aromatic N) is 5. The Morgan fingerprint density at radius 2 is 2.10 bits per heavy atom. The summed E-state index contributed by atoms with van der Waals surface area (Å²) in [5.41, 5.74) is 3.23. The number of pyridine rings is 1. The van der Waals surface area contributed by atoms with Crippen molar-refractivity contribution in [2.45, 2.75) is 25.8 Å². The number of hydrogen-bond donors (Lipinski definition) is 0. The van der Waals surface area contributed by atoms with Crippen LogP contribution in [0.2, 0.25) is 0 Å². The van der Waals surface area contributed by atoms with Gasteiger partial charge < -0.3 is 9.42 Å². The minimum atomic E-state index is 0.0805. The van der Waals surface area contributed by atoms with E-state index in [0.29, 0.717) is 18.1 Å². The largest absolute Gasteiger partial charge is 0.341 e. The lowest BCUT2D eigenvalue weighted by Crippen LogP contribution is -2.59. The Kier molecular flexibility index (Phi) is 4.62. The summed E-state index contributed by atoms with van der Waals surface area (Å²) in [5.74, 6) is 1.41. The van der Waals surface area contributed by atoms with Crippen molar-refractivity contribution in [3.63, 3.8) is 0 Å². The van der Waals surface area contributed by atoms with Crippen molar-refractivity contribution in [3.8, 4) is 11.4 Å². The Balaban J connectivity index is 1.23. The molecule has 1 aromatic carbocycles. The molecule has 30 heavy (non-hydrogen) atoms. The van der Waals surface area contributed by atoms with E-state index in [9.17, 15) is 4.79 Å². The van der Waals surface area contributed by atoms with Crippen LogP contribution < -0.4 is 0 Å². The number of likely N-dealkylation sites (tertiary alicyclic amines) is 2. The first-order valence-corrected chi connectivity index (χ1v) is 10.3. The highest BCUT2D eigenvalue weighted by Gasteiger charge is 2.53. The fraction of sp³-hybridized carbons (Fsp3) is 0.391. The molecule has 0 bridgehead atoms. The Labute approximate surface area is 175 Å². The standard InChI is InChI=1S/C23H25N5O2/c1-16-5-3-6-17(9-16)10-20(29)28-14-23(15-28)11-19(27(2)13-23)22-25-21(26-30-22)18-7-4-8-24-12-18/h3-9,12,19H,10-11,13-15H2,1-2H3. The molecule has 1 amide bonds. The van der Waals surface area contributed by atoms with Crippen LogP contribution in [0, 0.1) is 12.3 Å². The molecule has 5 rings (SSSR count). The molecule has 3 aromatic rings. The van der Waals surface area contributed by atoms with Crippen molar-refractivity contribution < 1.29 is 9.32 Å². The number of aryl methyl sites for hydroxylation is 1. The Morgan fingerprint density at radius 3 is 2.87 bits per heavy atom. The molecular formula is C23H25N5O2. The molecular weight excluding hydrogens is 378 g/mol. The molecule has 4 heterocycles. The first-order valence-electron chi connectivity index (χ1n) is 10.3. The van der Waals surface area contributed by atoms with E-state index >= 15 is 0 Å². The number of carbonyl (C=O) groups is 1. The predicted octanol–water partition coefficient (Wildman–Crippen LogP) is 2.89.